The summed E-state index contributed by atoms with van der Waals surface area (Å²) in [6, 6.07) is 4.03. The molecule has 4 aliphatic heterocycles. The van der Waals surface area contributed by atoms with E-state index in [2.05, 4.69) is 6.92 Å². The van der Waals surface area contributed by atoms with Gasteiger partial charge >= 0.3 is 5.92 Å². The van der Waals surface area contributed by atoms with Crippen LogP contribution in [0.3, 0.4) is 0 Å². The molecule has 5 aliphatic rings. The first-order valence-electron chi connectivity index (χ1n) is 12.0. The molecule has 35 heavy (non-hydrogen) atoms. The summed E-state index contributed by atoms with van der Waals surface area (Å²) in [4.78, 5) is 24.8. The second-order valence-corrected chi connectivity index (χ2v) is 10.6. The summed E-state index contributed by atoms with van der Waals surface area (Å²) < 4.78 is 54.2. The number of aliphatic hydroxyl groups is 1. The second-order valence-electron chi connectivity index (χ2n) is 10.6. The number of rotatable bonds is 6. The molecule has 1 saturated carbocycles. The summed E-state index contributed by atoms with van der Waals surface area (Å²) in [5, 5.41) is 11.2. The van der Waals surface area contributed by atoms with Gasteiger partial charge in [-0.2, -0.15) is 8.78 Å². The van der Waals surface area contributed by atoms with Gasteiger partial charge in [0, 0.05) is 12.3 Å². The van der Waals surface area contributed by atoms with Crippen LogP contribution < -0.4 is 9.47 Å². The third-order valence-corrected chi connectivity index (χ3v) is 8.61. The van der Waals surface area contributed by atoms with E-state index in [9.17, 15) is 9.90 Å². The Morgan fingerprint density at radius 1 is 1.14 bits per heavy atom. The van der Waals surface area contributed by atoms with E-state index in [1.54, 1.807) is 6.92 Å². The molecule has 4 heterocycles. The maximum Gasteiger partial charge on any atom is 0.337 e. The zero-order valence-corrected chi connectivity index (χ0v) is 20.5. The fourth-order valence-electron chi connectivity index (χ4n) is 6.66. The Kier molecular flexibility index (Phi) is 5.73. The molecule has 0 aromatic heterocycles. The minimum absolute atomic E-state index is 0.0536. The Labute approximate surface area is 202 Å². The van der Waals surface area contributed by atoms with Crippen LogP contribution in [0.4, 0.5) is 8.78 Å². The van der Waals surface area contributed by atoms with Gasteiger partial charge in [-0.3, -0.25) is 4.79 Å². The Hall–Kier alpha value is -1.85. The van der Waals surface area contributed by atoms with Gasteiger partial charge in [-0.05, 0) is 63.1 Å². The largest absolute Gasteiger partial charge is 0.497 e. The van der Waals surface area contributed by atoms with Gasteiger partial charge in [0.15, 0.2) is 18.0 Å². The molecule has 8 atom stereocenters. The van der Waals surface area contributed by atoms with Gasteiger partial charge in [-0.15, -0.1) is 0 Å². The molecule has 0 radical (unpaired) electrons. The maximum absolute atomic E-state index is 15.8. The first kappa shape index (κ1) is 24.8. The number of methoxy groups -OCH3 is 2. The number of ether oxygens (including phenoxy) is 4. The molecule has 10 heteroatoms. The highest BCUT2D eigenvalue weighted by Gasteiger charge is 2.77. The first-order chi connectivity index (χ1) is 16.4. The highest BCUT2D eigenvalue weighted by Crippen LogP contribution is 2.64. The van der Waals surface area contributed by atoms with Crippen molar-refractivity contribution in [2.45, 2.75) is 81.8 Å². The summed E-state index contributed by atoms with van der Waals surface area (Å²) in [7, 11) is 2.63. The predicted molar refractivity (Wildman–Crippen MR) is 117 cm³/mol. The number of ketones is 1. The lowest BCUT2D eigenvalue weighted by atomic mass is 9.58. The van der Waals surface area contributed by atoms with E-state index in [1.165, 1.54) is 39.3 Å². The number of Topliss-reactive ketones (excluding diaryl/α,β-unsaturated/α-hetero) is 1. The van der Waals surface area contributed by atoms with Crippen LogP contribution in [0.25, 0.3) is 0 Å². The molecule has 4 saturated heterocycles. The molecule has 194 valence electrons. The fraction of sp³-hybridized carbons (Fsp3) is 0.720. The third kappa shape index (κ3) is 3.37. The minimum Gasteiger partial charge on any atom is -0.497 e. The predicted octanol–water partition coefficient (Wildman–Crippen LogP) is 3.89. The molecule has 1 unspecified atom stereocenters. The Balaban J connectivity index is 1.53. The van der Waals surface area contributed by atoms with E-state index in [1.807, 2.05) is 0 Å². The van der Waals surface area contributed by atoms with E-state index in [4.69, 9.17) is 28.7 Å². The molecule has 1 aromatic carbocycles. The average molecular weight is 499 g/mol. The van der Waals surface area contributed by atoms with Crippen LogP contribution in [0.1, 0.15) is 56.8 Å². The van der Waals surface area contributed by atoms with Crippen molar-refractivity contribution >= 4 is 5.78 Å². The summed E-state index contributed by atoms with van der Waals surface area (Å²) in [6.07, 6.45) is -1.05. The third-order valence-electron chi connectivity index (χ3n) is 8.61. The zero-order valence-electron chi connectivity index (χ0n) is 20.5. The summed E-state index contributed by atoms with van der Waals surface area (Å²) >= 11 is 0. The van der Waals surface area contributed by atoms with Gasteiger partial charge < -0.3 is 24.1 Å². The van der Waals surface area contributed by atoms with Crippen LogP contribution in [0.2, 0.25) is 0 Å². The van der Waals surface area contributed by atoms with Crippen molar-refractivity contribution < 1.29 is 47.4 Å². The van der Waals surface area contributed by atoms with Crippen molar-refractivity contribution in [3.05, 3.63) is 23.8 Å². The molecule has 2 bridgehead atoms. The van der Waals surface area contributed by atoms with Gasteiger partial charge in [-0.1, -0.05) is 6.92 Å². The van der Waals surface area contributed by atoms with Crippen LogP contribution >= 0.6 is 0 Å². The van der Waals surface area contributed by atoms with Gasteiger partial charge in [0.05, 0.1) is 19.8 Å². The fourth-order valence-corrected chi connectivity index (χ4v) is 6.66. The molecule has 0 amide bonds. The Bertz CT molecular complexity index is 1020. The van der Waals surface area contributed by atoms with Crippen molar-refractivity contribution in [2.75, 3.05) is 14.2 Å². The van der Waals surface area contributed by atoms with E-state index in [0.29, 0.717) is 19.3 Å². The van der Waals surface area contributed by atoms with E-state index in [-0.39, 0.29) is 23.3 Å². The average Bonchev–Trinajstić information content (AvgIpc) is 2.92. The second kappa shape index (κ2) is 8.08. The number of aliphatic hydroxyl groups excluding tert-OH is 1. The molecule has 1 spiro atoms. The molecule has 8 nitrogen and oxygen atoms in total. The SMILES string of the molecule is COc1ccc(OC)c(C(=O)C(F)(F)C(O)[C@]2(C)O[C@@H]3O[C@]4(C)CC[C@H]5[C@H](C)CC[C@@H]2[C@@]35OO4)c1. The number of hydrogen-bond donors (Lipinski definition) is 1. The zero-order chi connectivity index (χ0) is 25.4. The number of carbonyl (C=O) groups excluding carboxylic acids is 1. The Morgan fingerprint density at radius 3 is 2.57 bits per heavy atom. The molecule has 1 aliphatic carbocycles. The number of fused-ring (bicyclic) bond motifs is 2. The monoisotopic (exact) mass is 498 g/mol. The van der Waals surface area contributed by atoms with Crippen molar-refractivity contribution in [3.63, 3.8) is 0 Å². The number of alkyl halides is 2. The smallest absolute Gasteiger partial charge is 0.337 e. The molecule has 5 fully saturated rings. The highest BCUT2D eigenvalue weighted by atomic mass is 19.3. The molecule has 6 rings (SSSR count). The van der Waals surface area contributed by atoms with Crippen LogP contribution in [-0.2, 0) is 19.2 Å². The van der Waals surface area contributed by atoms with Gasteiger partial charge in [0.25, 0.3) is 0 Å². The quantitative estimate of drug-likeness (QED) is 0.467. The number of hydrogen-bond acceptors (Lipinski definition) is 8. The minimum atomic E-state index is -4.21. The topological polar surface area (TPSA) is 92.7 Å². The van der Waals surface area contributed by atoms with Crippen LogP contribution in [-0.4, -0.2) is 60.4 Å². The normalized spacial score (nSPS) is 41.1. The van der Waals surface area contributed by atoms with Crippen molar-refractivity contribution in [1.82, 2.24) is 0 Å². The molecular weight excluding hydrogens is 466 g/mol. The number of carbonyl (C=O) groups is 1. The van der Waals surface area contributed by atoms with Gasteiger partial charge in [-0.25, -0.2) is 9.78 Å². The van der Waals surface area contributed by atoms with E-state index >= 15 is 8.78 Å². The van der Waals surface area contributed by atoms with Gasteiger partial charge in [0.2, 0.25) is 11.6 Å². The molecular formula is C25H32F2O8. The summed E-state index contributed by atoms with van der Waals surface area (Å²) in [5.74, 6) is -7.29. The Morgan fingerprint density at radius 2 is 1.89 bits per heavy atom. The number of halogens is 2. The maximum atomic E-state index is 15.8. The van der Waals surface area contributed by atoms with Crippen LogP contribution in [0.15, 0.2) is 18.2 Å². The van der Waals surface area contributed by atoms with E-state index in [0.717, 1.165) is 6.42 Å². The lowest BCUT2D eigenvalue weighted by Gasteiger charge is -2.51. The molecule has 1 aromatic rings. The lowest BCUT2D eigenvalue weighted by Crippen LogP contribution is -2.64. The first-order valence-corrected chi connectivity index (χ1v) is 12.0. The highest BCUT2D eigenvalue weighted by molar-refractivity contribution is 6.04. The lowest BCUT2D eigenvalue weighted by molar-refractivity contribution is -0.541. The van der Waals surface area contributed by atoms with Crippen molar-refractivity contribution in [1.29, 1.82) is 0 Å². The van der Waals surface area contributed by atoms with Crippen molar-refractivity contribution in [2.24, 2.45) is 17.8 Å². The summed E-state index contributed by atoms with van der Waals surface area (Å²) in [6.45, 7) is 5.22. The standard InChI is InChI=1S/C25H32F2O8/c1-13-6-9-18-23(3,33-21-24(18)16(13)10-11-22(2,32-21)34-35-24)20(29)25(26,27)19(28)15-12-14(30-4)7-8-17(15)31-5/h7-8,12-13,16,18,20-21,29H,6,9-11H2,1-5H3/t13-,16+,18+,20?,21+,22+,23-,24-/m1/s1. The van der Waals surface area contributed by atoms with Gasteiger partial charge in [0.1, 0.15) is 17.1 Å². The van der Waals surface area contributed by atoms with Crippen LogP contribution in [0, 0.1) is 17.8 Å². The van der Waals surface area contributed by atoms with E-state index < -0.39 is 52.6 Å². The number of benzene rings is 1. The molecule has 1 N–H and O–H groups in total. The summed E-state index contributed by atoms with van der Waals surface area (Å²) in [5.41, 5.74) is -3.40. The van der Waals surface area contributed by atoms with Crippen LogP contribution in [0.5, 0.6) is 11.5 Å². The van der Waals surface area contributed by atoms with Crippen molar-refractivity contribution in [3.8, 4) is 11.5 Å².